The van der Waals surface area contributed by atoms with Crippen molar-refractivity contribution in [1.82, 2.24) is 10.2 Å². The summed E-state index contributed by atoms with van der Waals surface area (Å²) >= 11 is 0. The molecule has 102 valence electrons. The van der Waals surface area contributed by atoms with Gasteiger partial charge in [-0.3, -0.25) is 20.0 Å². The molecule has 0 unspecified atom stereocenters. The van der Waals surface area contributed by atoms with Crippen molar-refractivity contribution in [3.63, 3.8) is 0 Å². The third kappa shape index (κ3) is 2.61. The minimum absolute atomic E-state index is 0.0331. The molecule has 2 aromatic rings. The number of benzene rings is 1. The highest BCUT2D eigenvalue weighted by atomic mass is 16.6. The number of aromatic carboxylic acids is 1. The highest BCUT2D eigenvalue weighted by molar-refractivity contribution is 6.07. The van der Waals surface area contributed by atoms with Crippen LogP contribution in [0.1, 0.15) is 20.7 Å². The van der Waals surface area contributed by atoms with Crippen LogP contribution in [-0.2, 0) is 0 Å². The number of aromatic amines is 1. The fourth-order valence-corrected chi connectivity index (χ4v) is 1.50. The average Bonchev–Trinajstić information content (AvgIpc) is 2.92. The van der Waals surface area contributed by atoms with Crippen LogP contribution in [0.3, 0.4) is 0 Å². The summed E-state index contributed by atoms with van der Waals surface area (Å²) in [6.07, 6.45) is 2.60. The van der Waals surface area contributed by atoms with Gasteiger partial charge in [-0.1, -0.05) is 0 Å². The fraction of sp³-hybridized carbons (Fsp3) is 0. The van der Waals surface area contributed by atoms with Gasteiger partial charge in [0.15, 0.2) is 0 Å². The molecule has 0 saturated carbocycles. The Morgan fingerprint density at radius 2 is 2.15 bits per heavy atom. The predicted molar refractivity (Wildman–Crippen MR) is 66.6 cm³/mol. The number of nitrogens with zero attached hydrogens (tertiary/aromatic N) is 2. The number of H-pyrrole nitrogens is 1. The number of carbonyl (C=O) groups is 2. The van der Waals surface area contributed by atoms with E-state index < -0.39 is 16.8 Å². The minimum Gasteiger partial charge on any atom is -0.478 e. The highest BCUT2D eigenvalue weighted by Gasteiger charge is 2.18. The summed E-state index contributed by atoms with van der Waals surface area (Å²) in [5.74, 6) is -1.95. The summed E-state index contributed by atoms with van der Waals surface area (Å²) < 4.78 is 0. The monoisotopic (exact) mass is 276 g/mol. The van der Waals surface area contributed by atoms with Gasteiger partial charge in [0, 0.05) is 18.3 Å². The normalized spacial score (nSPS) is 10.0. The van der Waals surface area contributed by atoms with Gasteiger partial charge >= 0.3 is 5.97 Å². The molecule has 0 aliphatic rings. The van der Waals surface area contributed by atoms with Crippen molar-refractivity contribution < 1.29 is 19.6 Å². The van der Waals surface area contributed by atoms with Crippen LogP contribution in [0.5, 0.6) is 0 Å². The maximum atomic E-state index is 11.8. The number of amides is 1. The number of hydrogen-bond acceptors (Lipinski definition) is 5. The number of hydrogen-bond donors (Lipinski definition) is 3. The summed E-state index contributed by atoms with van der Waals surface area (Å²) in [5, 5.41) is 28.0. The Kier molecular flexibility index (Phi) is 3.42. The van der Waals surface area contributed by atoms with Crippen molar-refractivity contribution >= 4 is 23.3 Å². The number of nitrogens with one attached hydrogen (secondary N) is 2. The molecule has 20 heavy (non-hydrogen) atoms. The number of carboxylic acids is 1. The van der Waals surface area contributed by atoms with Crippen LogP contribution in [0.15, 0.2) is 30.6 Å². The number of rotatable bonds is 4. The number of non-ortho nitro benzene ring substituents is 1. The molecule has 9 nitrogen and oxygen atoms in total. The maximum absolute atomic E-state index is 11.8. The summed E-state index contributed by atoms with van der Waals surface area (Å²) in [4.78, 5) is 32.7. The lowest BCUT2D eigenvalue weighted by Crippen LogP contribution is -2.14. The van der Waals surface area contributed by atoms with Crippen LogP contribution in [0.4, 0.5) is 11.4 Å². The summed E-state index contributed by atoms with van der Waals surface area (Å²) in [6.45, 7) is 0. The lowest BCUT2D eigenvalue weighted by molar-refractivity contribution is -0.384. The van der Waals surface area contributed by atoms with E-state index in [0.29, 0.717) is 0 Å². The second-order valence-corrected chi connectivity index (χ2v) is 3.73. The van der Waals surface area contributed by atoms with Gasteiger partial charge in [-0.2, -0.15) is 5.10 Å². The molecule has 2 rings (SSSR count). The Bertz CT molecular complexity index is 680. The third-order valence-corrected chi connectivity index (χ3v) is 2.45. The van der Waals surface area contributed by atoms with Crippen LogP contribution < -0.4 is 5.32 Å². The zero-order valence-corrected chi connectivity index (χ0v) is 9.86. The fourth-order valence-electron chi connectivity index (χ4n) is 1.50. The van der Waals surface area contributed by atoms with Crippen LogP contribution in [-0.4, -0.2) is 32.1 Å². The standard InChI is InChI=1S/C11H8N4O5/c16-10(6-4-12-13-5-6)14-9-2-1-7(15(19)20)3-8(9)11(17)18/h1-5H,(H,12,13)(H,14,16)(H,17,18). The van der Waals surface area contributed by atoms with Gasteiger partial charge in [0.2, 0.25) is 0 Å². The van der Waals surface area contributed by atoms with Crippen molar-refractivity contribution in [2.45, 2.75) is 0 Å². The molecule has 0 spiro atoms. The molecule has 9 heteroatoms. The number of carbonyl (C=O) groups excluding carboxylic acids is 1. The largest absolute Gasteiger partial charge is 0.478 e. The van der Waals surface area contributed by atoms with Crippen molar-refractivity contribution in [3.05, 3.63) is 51.8 Å². The highest BCUT2D eigenvalue weighted by Crippen LogP contribution is 2.22. The summed E-state index contributed by atoms with van der Waals surface area (Å²) in [6, 6.07) is 3.16. The van der Waals surface area contributed by atoms with E-state index in [1.54, 1.807) is 0 Å². The zero-order valence-electron chi connectivity index (χ0n) is 9.86. The molecule has 0 radical (unpaired) electrons. The Balaban J connectivity index is 2.34. The molecule has 0 saturated heterocycles. The molecule has 1 heterocycles. The van der Waals surface area contributed by atoms with Crippen LogP contribution in [0.2, 0.25) is 0 Å². The quantitative estimate of drug-likeness (QED) is 0.567. The second kappa shape index (κ2) is 5.18. The first-order chi connectivity index (χ1) is 9.49. The SMILES string of the molecule is O=C(Nc1ccc([N+](=O)[O-])cc1C(=O)O)c1cn[nH]c1. The molecule has 1 aromatic heterocycles. The molecule has 1 aromatic carbocycles. The average molecular weight is 276 g/mol. The van der Waals surface area contributed by atoms with Gasteiger partial charge < -0.3 is 10.4 Å². The predicted octanol–water partition coefficient (Wildman–Crippen LogP) is 1.27. The van der Waals surface area contributed by atoms with Gasteiger partial charge in [0.05, 0.1) is 27.9 Å². The first-order valence-corrected chi connectivity index (χ1v) is 5.31. The van der Waals surface area contributed by atoms with E-state index in [2.05, 4.69) is 15.5 Å². The Hall–Kier alpha value is -3.23. The van der Waals surface area contributed by atoms with Crippen LogP contribution in [0.25, 0.3) is 0 Å². The van der Waals surface area contributed by atoms with E-state index in [-0.39, 0.29) is 22.5 Å². The number of nitro groups is 1. The number of nitro benzene ring substituents is 1. The van der Waals surface area contributed by atoms with Gasteiger partial charge in [0.25, 0.3) is 11.6 Å². The molecule has 0 fully saturated rings. The molecule has 0 atom stereocenters. The van der Waals surface area contributed by atoms with E-state index in [1.165, 1.54) is 18.5 Å². The maximum Gasteiger partial charge on any atom is 0.338 e. The molecule has 0 bridgehead atoms. The van der Waals surface area contributed by atoms with Gasteiger partial charge in [-0.25, -0.2) is 4.79 Å². The number of carboxylic acid groups (broad SMARTS) is 1. The summed E-state index contributed by atoms with van der Waals surface area (Å²) in [7, 11) is 0. The van der Waals surface area contributed by atoms with Crippen LogP contribution in [0, 0.1) is 10.1 Å². The van der Waals surface area contributed by atoms with Crippen molar-refractivity contribution in [2.24, 2.45) is 0 Å². The molecule has 0 aliphatic heterocycles. The van der Waals surface area contributed by atoms with Gasteiger partial charge in [-0.15, -0.1) is 0 Å². The molecular formula is C11H8N4O5. The van der Waals surface area contributed by atoms with E-state index in [4.69, 9.17) is 5.11 Å². The molecule has 3 N–H and O–H groups in total. The first kappa shape index (κ1) is 13.2. The van der Waals surface area contributed by atoms with Gasteiger partial charge in [0.1, 0.15) is 0 Å². The zero-order chi connectivity index (χ0) is 14.7. The van der Waals surface area contributed by atoms with Crippen molar-refractivity contribution in [3.8, 4) is 0 Å². The van der Waals surface area contributed by atoms with Crippen molar-refractivity contribution in [2.75, 3.05) is 5.32 Å². The molecule has 1 amide bonds. The number of anilines is 1. The smallest absolute Gasteiger partial charge is 0.338 e. The number of aromatic nitrogens is 2. The third-order valence-electron chi connectivity index (χ3n) is 2.45. The van der Waals surface area contributed by atoms with Crippen LogP contribution >= 0.6 is 0 Å². The van der Waals surface area contributed by atoms with E-state index in [0.717, 1.165) is 12.1 Å². The van der Waals surface area contributed by atoms with Crippen molar-refractivity contribution in [1.29, 1.82) is 0 Å². The first-order valence-electron chi connectivity index (χ1n) is 5.31. The Morgan fingerprint density at radius 1 is 1.40 bits per heavy atom. The van der Waals surface area contributed by atoms with Gasteiger partial charge in [-0.05, 0) is 6.07 Å². The Labute approximate surface area is 111 Å². The van der Waals surface area contributed by atoms with E-state index in [1.807, 2.05) is 0 Å². The van der Waals surface area contributed by atoms with E-state index in [9.17, 15) is 19.7 Å². The minimum atomic E-state index is -1.38. The Morgan fingerprint density at radius 3 is 2.70 bits per heavy atom. The lowest BCUT2D eigenvalue weighted by atomic mass is 10.1. The lowest BCUT2D eigenvalue weighted by Gasteiger charge is -2.07. The molecular weight excluding hydrogens is 268 g/mol. The van der Waals surface area contributed by atoms with E-state index >= 15 is 0 Å². The summed E-state index contributed by atoms with van der Waals surface area (Å²) in [5.41, 5.74) is -0.561. The second-order valence-electron chi connectivity index (χ2n) is 3.73. The molecule has 0 aliphatic carbocycles. The topological polar surface area (TPSA) is 138 Å².